The largest absolute Gasteiger partial charge is 0.397 e. The van der Waals surface area contributed by atoms with E-state index in [2.05, 4.69) is 27.2 Å². The van der Waals surface area contributed by atoms with Crippen molar-refractivity contribution >= 4 is 23.4 Å². The van der Waals surface area contributed by atoms with Crippen LogP contribution in [0.2, 0.25) is 0 Å². The van der Waals surface area contributed by atoms with Crippen LogP contribution in [0.4, 0.5) is 26.0 Å². The molecule has 3 rings (SSSR count). The molecule has 1 aliphatic heterocycles. The molecule has 7 heteroatoms. The van der Waals surface area contributed by atoms with E-state index >= 15 is 0 Å². The van der Waals surface area contributed by atoms with Crippen molar-refractivity contribution in [3.63, 3.8) is 0 Å². The normalized spacial score (nSPS) is 16.0. The molecule has 5 nitrogen and oxygen atoms in total. The summed E-state index contributed by atoms with van der Waals surface area (Å²) in [6, 6.07) is 5.95. The van der Waals surface area contributed by atoms with Crippen LogP contribution in [-0.2, 0) is 0 Å². The standard InChI is InChI=1S/C21H27F2N5/c1-28-11-8-15(9-12-28)3-2-10-25-19-7-4-16(13-26-19)14-27-21-18(24)6-5-17(22)20(21)23/h4-7,13-15H,2-3,8-12,24H2,1H3,(H,25,26). The maximum Gasteiger partial charge on any atom is 0.186 e. The van der Waals surface area contributed by atoms with Gasteiger partial charge in [0.25, 0.3) is 0 Å². The zero-order valence-electron chi connectivity index (χ0n) is 16.2. The summed E-state index contributed by atoms with van der Waals surface area (Å²) in [6.07, 6.45) is 8.00. The zero-order valence-corrected chi connectivity index (χ0v) is 16.2. The van der Waals surface area contributed by atoms with E-state index in [0.717, 1.165) is 30.8 Å². The first-order valence-electron chi connectivity index (χ1n) is 9.69. The molecule has 3 N–H and O–H groups in total. The van der Waals surface area contributed by atoms with Crippen LogP contribution in [0.15, 0.2) is 35.5 Å². The summed E-state index contributed by atoms with van der Waals surface area (Å²) in [5, 5.41) is 3.32. The van der Waals surface area contributed by atoms with Crippen LogP contribution in [0.25, 0.3) is 0 Å². The Morgan fingerprint density at radius 3 is 2.75 bits per heavy atom. The molecular formula is C21H27F2N5. The van der Waals surface area contributed by atoms with Gasteiger partial charge in [0.2, 0.25) is 0 Å². The minimum absolute atomic E-state index is 0.0889. The van der Waals surface area contributed by atoms with Gasteiger partial charge in [-0.25, -0.2) is 13.8 Å². The Hall–Kier alpha value is -2.54. The minimum Gasteiger partial charge on any atom is -0.397 e. The molecule has 1 aromatic heterocycles. The molecule has 1 fully saturated rings. The van der Waals surface area contributed by atoms with Crippen molar-refractivity contribution < 1.29 is 8.78 Å². The van der Waals surface area contributed by atoms with Gasteiger partial charge in [0.1, 0.15) is 11.5 Å². The zero-order chi connectivity index (χ0) is 19.9. The summed E-state index contributed by atoms with van der Waals surface area (Å²) in [7, 11) is 2.18. The molecule has 1 saturated heterocycles. The fraction of sp³-hybridized carbons (Fsp3) is 0.429. The minimum atomic E-state index is -1.05. The molecule has 0 saturated carbocycles. The van der Waals surface area contributed by atoms with Gasteiger partial charge < -0.3 is 16.0 Å². The van der Waals surface area contributed by atoms with Crippen molar-refractivity contribution in [3.8, 4) is 0 Å². The number of benzene rings is 1. The highest BCUT2D eigenvalue weighted by Crippen LogP contribution is 2.27. The number of nitrogens with zero attached hydrogens (tertiary/aromatic N) is 3. The fourth-order valence-electron chi connectivity index (χ4n) is 3.37. The summed E-state index contributed by atoms with van der Waals surface area (Å²) in [5.41, 5.74) is 6.23. The maximum atomic E-state index is 13.8. The van der Waals surface area contributed by atoms with Crippen LogP contribution in [0.3, 0.4) is 0 Å². The van der Waals surface area contributed by atoms with Gasteiger partial charge in [-0.05, 0) is 76.0 Å². The fourth-order valence-corrected chi connectivity index (χ4v) is 3.37. The van der Waals surface area contributed by atoms with Gasteiger partial charge >= 0.3 is 0 Å². The van der Waals surface area contributed by atoms with E-state index in [4.69, 9.17) is 5.73 Å². The molecule has 0 radical (unpaired) electrons. The van der Waals surface area contributed by atoms with Crippen molar-refractivity contribution in [2.75, 3.05) is 37.7 Å². The summed E-state index contributed by atoms with van der Waals surface area (Å²) in [6.45, 7) is 3.29. The second-order valence-corrected chi connectivity index (χ2v) is 7.35. The smallest absolute Gasteiger partial charge is 0.186 e. The molecule has 150 valence electrons. The van der Waals surface area contributed by atoms with E-state index in [1.165, 1.54) is 44.6 Å². The first kappa shape index (κ1) is 20.2. The van der Waals surface area contributed by atoms with E-state index < -0.39 is 11.6 Å². The lowest BCUT2D eigenvalue weighted by Gasteiger charge is -2.28. The Kier molecular flexibility index (Phi) is 6.92. The number of pyridine rings is 1. The van der Waals surface area contributed by atoms with Crippen LogP contribution < -0.4 is 11.1 Å². The topological polar surface area (TPSA) is 66.5 Å². The average Bonchev–Trinajstić information content (AvgIpc) is 2.70. The third-order valence-corrected chi connectivity index (χ3v) is 5.16. The van der Waals surface area contributed by atoms with E-state index in [1.54, 1.807) is 6.20 Å². The molecular weight excluding hydrogens is 360 g/mol. The summed E-state index contributed by atoms with van der Waals surface area (Å²) >= 11 is 0. The number of hydrogen-bond donors (Lipinski definition) is 2. The SMILES string of the molecule is CN1CCC(CCCNc2ccc(C=Nc3c(N)ccc(F)c3F)cn2)CC1. The van der Waals surface area contributed by atoms with Crippen LogP contribution >= 0.6 is 0 Å². The predicted molar refractivity (Wildman–Crippen MR) is 110 cm³/mol. The second-order valence-electron chi connectivity index (χ2n) is 7.35. The number of nitrogen functional groups attached to an aromatic ring is 1. The highest BCUT2D eigenvalue weighted by Gasteiger charge is 2.15. The molecule has 1 aliphatic rings. The van der Waals surface area contributed by atoms with Gasteiger partial charge in [0.15, 0.2) is 11.6 Å². The number of rotatable bonds is 7. The Balaban J connectivity index is 1.47. The van der Waals surface area contributed by atoms with Crippen LogP contribution in [0, 0.1) is 17.6 Å². The van der Waals surface area contributed by atoms with Gasteiger partial charge in [-0.3, -0.25) is 4.99 Å². The Morgan fingerprint density at radius 2 is 2.04 bits per heavy atom. The quantitative estimate of drug-likeness (QED) is 0.424. The number of aromatic nitrogens is 1. The highest BCUT2D eigenvalue weighted by atomic mass is 19.2. The molecule has 0 aliphatic carbocycles. The number of nitrogens with one attached hydrogen (secondary N) is 1. The lowest BCUT2D eigenvalue weighted by molar-refractivity contribution is 0.211. The lowest BCUT2D eigenvalue weighted by Crippen LogP contribution is -2.30. The number of hydrogen-bond acceptors (Lipinski definition) is 5. The van der Waals surface area contributed by atoms with Crippen LogP contribution in [0.5, 0.6) is 0 Å². The molecule has 28 heavy (non-hydrogen) atoms. The van der Waals surface area contributed by atoms with Gasteiger partial charge in [-0.1, -0.05) is 0 Å². The molecule has 2 heterocycles. The molecule has 0 amide bonds. The second kappa shape index (κ2) is 9.59. The number of piperidine rings is 1. The third kappa shape index (κ3) is 5.48. The van der Waals surface area contributed by atoms with Gasteiger partial charge in [0.05, 0.1) is 5.69 Å². The molecule has 2 aromatic rings. The predicted octanol–water partition coefficient (Wildman–Crippen LogP) is 4.23. The number of halogens is 2. The first-order chi connectivity index (χ1) is 13.5. The van der Waals surface area contributed by atoms with Crippen LogP contribution in [0.1, 0.15) is 31.2 Å². The van der Waals surface area contributed by atoms with Crippen LogP contribution in [-0.4, -0.2) is 42.8 Å². The van der Waals surface area contributed by atoms with Crippen molar-refractivity contribution in [1.29, 1.82) is 0 Å². The van der Waals surface area contributed by atoms with Gasteiger partial charge in [0, 0.05) is 24.5 Å². The number of nitrogens with two attached hydrogens (primary N) is 1. The molecule has 0 bridgehead atoms. The number of aliphatic imine (C=N–C) groups is 1. The molecule has 0 atom stereocenters. The average molecular weight is 387 g/mol. The Bertz CT molecular complexity index is 799. The van der Waals surface area contributed by atoms with E-state index in [1.807, 2.05) is 12.1 Å². The third-order valence-electron chi connectivity index (χ3n) is 5.16. The summed E-state index contributed by atoms with van der Waals surface area (Å²) < 4.78 is 27.1. The van der Waals surface area contributed by atoms with Gasteiger partial charge in [-0.2, -0.15) is 0 Å². The molecule has 0 spiro atoms. The van der Waals surface area contributed by atoms with Crippen molar-refractivity contribution in [2.45, 2.75) is 25.7 Å². The van der Waals surface area contributed by atoms with E-state index in [9.17, 15) is 8.78 Å². The lowest BCUT2D eigenvalue weighted by atomic mass is 9.92. The van der Waals surface area contributed by atoms with Crippen molar-refractivity contribution in [1.82, 2.24) is 9.88 Å². The maximum absolute atomic E-state index is 13.8. The molecule has 1 aromatic carbocycles. The Morgan fingerprint density at radius 1 is 1.25 bits per heavy atom. The monoisotopic (exact) mass is 387 g/mol. The van der Waals surface area contributed by atoms with Crippen molar-refractivity contribution in [3.05, 3.63) is 47.7 Å². The summed E-state index contributed by atoms with van der Waals surface area (Å²) in [4.78, 5) is 10.7. The summed E-state index contributed by atoms with van der Waals surface area (Å²) in [5.74, 6) is -0.399. The van der Waals surface area contributed by atoms with E-state index in [-0.39, 0.29) is 11.4 Å². The first-order valence-corrected chi connectivity index (χ1v) is 9.69. The molecule has 0 unspecified atom stereocenters. The highest BCUT2D eigenvalue weighted by molar-refractivity contribution is 5.83. The van der Waals surface area contributed by atoms with Gasteiger partial charge in [-0.15, -0.1) is 0 Å². The van der Waals surface area contributed by atoms with E-state index in [0.29, 0.717) is 5.56 Å². The number of likely N-dealkylation sites (tertiary alicyclic amines) is 1. The number of anilines is 2. The Labute approximate surface area is 164 Å². The van der Waals surface area contributed by atoms with Crippen molar-refractivity contribution in [2.24, 2.45) is 10.9 Å².